The van der Waals surface area contributed by atoms with E-state index in [-0.39, 0.29) is 0 Å². The molecule has 4 aromatic rings. The number of fused-ring (bicyclic) bond motifs is 3. The molecule has 6 rings (SSSR count). The molecule has 0 bridgehead atoms. The third-order valence-corrected chi connectivity index (χ3v) is 8.15. The van der Waals surface area contributed by atoms with Crippen LogP contribution < -0.4 is 4.57 Å². The van der Waals surface area contributed by atoms with Crippen LogP contribution in [-0.2, 0) is 26.3 Å². The molecule has 0 N–H and O–H groups in total. The van der Waals surface area contributed by atoms with Gasteiger partial charge in [0.25, 0.3) is 0 Å². The molecule has 0 amide bonds. The van der Waals surface area contributed by atoms with Gasteiger partial charge in [-0.2, -0.15) is 0 Å². The van der Waals surface area contributed by atoms with E-state index in [1.54, 1.807) is 16.5 Å². The average Bonchev–Trinajstić information content (AvgIpc) is 2.73. The maximum atomic E-state index is 2.47. The van der Waals surface area contributed by atoms with Gasteiger partial charge in [0, 0.05) is 15.9 Å². The quantitative estimate of drug-likeness (QED) is 0.285. The molecule has 1 aliphatic heterocycles. The van der Waals surface area contributed by atoms with Crippen molar-refractivity contribution in [2.24, 2.45) is 13.0 Å². The molecule has 0 unspecified atom stereocenters. The number of nitrogens with zero attached hydrogens (tertiary/aromatic N) is 1. The average molecular weight is 411 g/mol. The molecule has 0 spiro atoms. The Morgan fingerprint density at radius 3 is 2.77 bits per heavy atom. The Morgan fingerprint density at radius 2 is 1.93 bits per heavy atom. The van der Waals surface area contributed by atoms with Gasteiger partial charge in [-0.25, -0.2) is 4.57 Å². The van der Waals surface area contributed by atoms with Crippen LogP contribution in [0.2, 0.25) is 0 Å². The van der Waals surface area contributed by atoms with Crippen LogP contribution in [0.5, 0.6) is 0 Å². The summed E-state index contributed by atoms with van der Waals surface area (Å²) in [6, 6.07) is 14.1. The van der Waals surface area contributed by atoms with Crippen molar-refractivity contribution in [2.45, 2.75) is 56.2 Å². The molecule has 30 heavy (non-hydrogen) atoms. The summed E-state index contributed by atoms with van der Waals surface area (Å²) in [5, 5.41) is 5.82. The molecule has 2 aliphatic rings. The lowest BCUT2D eigenvalue weighted by molar-refractivity contribution is -0.659. The predicted octanol–water partition coefficient (Wildman–Crippen LogP) is 6.94. The first-order chi connectivity index (χ1) is 14.5. The fraction of sp³-hybridized carbons (Fsp3) is 0.321. The van der Waals surface area contributed by atoms with Crippen LogP contribution >= 0.6 is 11.8 Å². The van der Waals surface area contributed by atoms with Crippen molar-refractivity contribution in [3.8, 4) is 11.3 Å². The third-order valence-electron chi connectivity index (χ3n) is 6.96. The normalized spacial score (nSPS) is 14.6. The number of benzene rings is 3. The summed E-state index contributed by atoms with van der Waals surface area (Å²) >= 11 is 2.03. The van der Waals surface area contributed by atoms with Crippen LogP contribution in [0.15, 0.2) is 52.4 Å². The number of pyridine rings is 1. The van der Waals surface area contributed by atoms with E-state index in [0.717, 1.165) is 6.42 Å². The molecule has 1 aromatic heterocycles. The molecule has 0 saturated heterocycles. The topological polar surface area (TPSA) is 3.88 Å². The van der Waals surface area contributed by atoms with E-state index in [0.29, 0.717) is 5.92 Å². The van der Waals surface area contributed by atoms with Gasteiger partial charge in [0.15, 0.2) is 6.20 Å². The molecule has 3 aromatic carbocycles. The van der Waals surface area contributed by atoms with E-state index in [1.807, 2.05) is 11.8 Å². The Bertz CT molecular complexity index is 1360. The standard InChI is InChI=1S/C28H28NS/c1-16(2)13-18-14-20-11-12-29(4)27-24-17(3)21-9-5-7-19-8-6-10-22(25(19)21)28(24)30-23(15-18)26(20)27/h5,7,9,11-12,14-16H,6,8,10,13H2,1-4H3/q+1. The summed E-state index contributed by atoms with van der Waals surface area (Å²) in [6.45, 7) is 6.97. The summed E-state index contributed by atoms with van der Waals surface area (Å²) < 4.78 is 2.35. The van der Waals surface area contributed by atoms with E-state index in [4.69, 9.17) is 0 Å². The number of aryl methyl sites for hydroxylation is 4. The number of aromatic nitrogens is 1. The lowest BCUT2D eigenvalue weighted by atomic mass is 9.83. The van der Waals surface area contributed by atoms with Gasteiger partial charge in [0.1, 0.15) is 7.05 Å². The van der Waals surface area contributed by atoms with Gasteiger partial charge in [-0.15, -0.1) is 0 Å². The third kappa shape index (κ3) is 2.53. The number of rotatable bonds is 2. The van der Waals surface area contributed by atoms with Gasteiger partial charge in [0.05, 0.1) is 10.9 Å². The van der Waals surface area contributed by atoms with Gasteiger partial charge in [-0.1, -0.05) is 49.9 Å². The van der Waals surface area contributed by atoms with Crippen molar-refractivity contribution in [1.82, 2.24) is 0 Å². The van der Waals surface area contributed by atoms with Gasteiger partial charge < -0.3 is 0 Å². The maximum absolute atomic E-state index is 2.47. The minimum atomic E-state index is 0.671. The second-order valence-electron chi connectivity index (χ2n) is 9.53. The Morgan fingerprint density at radius 1 is 1.07 bits per heavy atom. The molecule has 0 fully saturated rings. The molecule has 1 nitrogen and oxygen atoms in total. The van der Waals surface area contributed by atoms with Crippen molar-refractivity contribution in [3.05, 3.63) is 64.8 Å². The summed E-state index contributed by atoms with van der Waals surface area (Å²) in [7, 11) is 2.21. The second-order valence-corrected chi connectivity index (χ2v) is 10.6. The van der Waals surface area contributed by atoms with Crippen LogP contribution in [0, 0.1) is 12.8 Å². The first-order valence-corrected chi connectivity index (χ1v) is 12.0. The summed E-state index contributed by atoms with van der Waals surface area (Å²) in [5.41, 5.74) is 8.92. The number of hydrogen-bond acceptors (Lipinski definition) is 1. The molecule has 2 heteroatoms. The Labute approximate surface area is 183 Å². The molecule has 1 aliphatic carbocycles. The highest BCUT2D eigenvalue weighted by molar-refractivity contribution is 7.99. The predicted molar refractivity (Wildman–Crippen MR) is 127 cm³/mol. The zero-order chi connectivity index (χ0) is 20.6. The van der Waals surface area contributed by atoms with Crippen LogP contribution in [0.1, 0.15) is 42.5 Å². The molecule has 0 radical (unpaired) electrons. The lowest BCUT2D eigenvalue weighted by Crippen LogP contribution is -2.32. The Balaban J connectivity index is 1.75. The van der Waals surface area contributed by atoms with E-state index in [1.165, 1.54) is 67.6 Å². The largest absolute Gasteiger partial charge is 0.222 e. The Kier molecular flexibility index (Phi) is 4.05. The van der Waals surface area contributed by atoms with Crippen LogP contribution in [0.3, 0.4) is 0 Å². The van der Waals surface area contributed by atoms with Crippen molar-refractivity contribution >= 4 is 33.3 Å². The minimum absolute atomic E-state index is 0.671. The molecule has 150 valence electrons. The summed E-state index contributed by atoms with van der Waals surface area (Å²) in [4.78, 5) is 2.96. The van der Waals surface area contributed by atoms with Gasteiger partial charge in [-0.05, 0) is 83.0 Å². The monoisotopic (exact) mass is 410 g/mol. The minimum Gasteiger partial charge on any atom is -0.200 e. The van der Waals surface area contributed by atoms with Crippen LogP contribution in [0.25, 0.3) is 32.8 Å². The van der Waals surface area contributed by atoms with Gasteiger partial charge in [0.2, 0.25) is 5.69 Å². The van der Waals surface area contributed by atoms with Crippen molar-refractivity contribution in [2.75, 3.05) is 0 Å². The zero-order valence-corrected chi connectivity index (χ0v) is 19.1. The molecule has 0 atom stereocenters. The van der Waals surface area contributed by atoms with Gasteiger partial charge in [-0.3, -0.25) is 0 Å². The van der Waals surface area contributed by atoms with Crippen LogP contribution in [-0.4, -0.2) is 0 Å². The molecular weight excluding hydrogens is 382 g/mol. The van der Waals surface area contributed by atoms with E-state index < -0.39 is 0 Å². The zero-order valence-electron chi connectivity index (χ0n) is 18.3. The van der Waals surface area contributed by atoms with Crippen molar-refractivity contribution in [1.29, 1.82) is 0 Å². The first-order valence-electron chi connectivity index (χ1n) is 11.2. The van der Waals surface area contributed by atoms with Gasteiger partial charge >= 0.3 is 0 Å². The first kappa shape index (κ1) is 18.4. The van der Waals surface area contributed by atoms with Crippen LogP contribution in [0.4, 0.5) is 0 Å². The van der Waals surface area contributed by atoms with E-state index in [9.17, 15) is 0 Å². The summed E-state index contributed by atoms with van der Waals surface area (Å²) in [5.74, 6) is 0.671. The van der Waals surface area contributed by atoms with E-state index in [2.05, 4.69) is 75.0 Å². The molecule has 2 heterocycles. The highest BCUT2D eigenvalue weighted by atomic mass is 32.2. The highest BCUT2D eigenvalue weighted by Gasteiger charge is 2.32. The second kappa shape index (κ2) is 6.59. The Hall–Kier alpha value is -2.32. The van der Waals surface area contributed by atoms with Crippen molar-refractivity contribution < 1.29 is 4.57 Å². The lowest BCUT2D eigenvalue weighted by Gasteiger charge is -2.28. The van der Waals surface area contributed by atoms with E-state index >= 15 is 0 Å². The van der Waals surface area contributed by atoms with Crippen molar-refractivity contribution in [3.63, 3.8) is 0 Å². The SMILES string of the molecule is Cc1c2c(c3c4c(cccc14)CCC3)Sc1cc(CC(C)C)cc3cc[n+](C)c-2c13. The summed E-state index contributed by atoms with van der Waals surface area (Å²) in [6.07, 6.45) is 7.07. The maximum Gasteiger partial charge on any atom is 0.222 e. The molecule has 0 saturated carbocycles. The molecular formula is C28H28NS+. The fourth-order valence-electron chi connectivity index (χ4n) is 5.74. The number of hydrogen-bond donors (Lipinski definition) is 0. The smallest absolute Gasteiger partial charge is 0.200 e. The fourth-order valence-corrected chi connectivity index (χ4v) is 7.17. The highest BCUT2D eigenvalue weighted by Crippen LogP contribution is 2.53.